The number of rotatable bonds is 3. The van der Waals surface area contributed by atoms with Crippen LogP contribution in [0.2, 0.25) is 0 Å². The minimum absolute atomic E-state index is 0.137. The summed E-state index contributed by atoms with van der Waals surface area (Å²) in [6.07, 6.45) is 4.47. The lowest BCUT2D eigenvalue weighted by Crippen LogP contribution is -2.53. The molecule has 1 saturated carbocycles. The topological polar surface area (TPSA) is 46.9 Å². The van der Waals surface area contributed by atoms with Crippen LogP contribution in [0, 0.1) is 0 Å². The molecular formula is C41H46N2O2. The molecule has 3 fully saturated rings. The number of aliphatic hydroxyl groups is 2. The highest BCUT2D eigenvalue weighted by Crippen LogP contribution is 2.55. The standard InChI is InChI=1S/C41H46N2O2/c1-5-27-28-15-9-7-13-25(28)19-21-33(27)42-23-11-17-30(32(42)6-2)35-38(44)36(39(35)45)31-18-12-24-43-34-22-20-26-14-8-10-16-29(26)37(34)41(3,4)40(31)43/h7-10,13-16,19-22,32,38-40,44-45H,5-6,11-12,17-18,23-24H2,1-4H3. The summed E-state index contributed by atoms with van der Waals surface area (Å²) in [5, 5.41) is 29.3. The van der Waals surface area contributed by atoms with Gasteiger partial charge in [0.25, 0.3) is 0 Å². The summed E-state index contributed by atoms with van der Waals surface area (Å²) in [6.45, 7) is 11.3. The molecule has 4 aliphatic rings. The molecule has 8 rings (SSSR count). The van der Waals surface area contributed by atoms with Gasteiger partial charge in [-0.2, -0.15) is 0 Å². The van der Waals surface area contributed by atoms with Gasteiger partial charge < -0.3 is 20.0 Å². The van der Waals surface area contributed by atoms with Crippen LogP contribution in [-0.2, 0) is 11.8 Å². The smallest absolute Gasteiger partial charge is 0.102 e. The van der Waals surface area contributed by atoms with Gasteiger partial charge in [0.05, 0.1) is 12.1 Å². The van der Waals surface area contributed by atoms with Crippen molar-refractivity contribution in [3.63, 3.8) is 0 Å². The van der Waals surface area contributed by atoms with E-state index in [-0.39, 0.29) is 17.5 Å². The predicted octanol–water partition coefficient (Wildman–Crippen LogP) is 8.22. The third kappa shape index (κ3) is 4.11. The lowest BCUT2D eigenvalue weighted by molar-refractivity contribution is 0.0989. The third-order valence-corrected chi connectivity index (χ3v) is 11.6. The zero-order chi connectivity index (χ0) is 31.0. The lowest BCUT2D eigenvalue weighted by atomic mass is 9.66. The van der Waals surface area contributed by atoms with E-state index >= 15 is 0 Å². The Hall–Kier alpha value is -3.60. The Bertz CT molecular complexity index is 1870. The fraction of sp³-hybridized carbons (Fsp3) is 0.415. The number of aryl methyl sites for hydroxylation is 1. The van der Waals surface area contributed by atoms with Crippen LogP contribution in [0.25, 0.3) is 21.5 Å². The Morgan fingerprint density at radius 1 is 0.689 bits per heavy atom. The summed E-state index contributed by atoms with van der Waals surface area (Å²) in [4.78, 5) is 5.15. The van der Waals surface area contributed by atoms with Gasteiger partial charge in [-0.25, -0.2) is 0 Å². The molecule has 4 heteroatoms. The second-order valence-electron chi connectivity index (χ2n) is 14.2. The molecule has 0 amide bonds. The van der Waals surface area contributed by atoms with Crippen molar-refractivity contribution in [1.29, 1.82) is 0 Å². The van der Waals surface area contributed by atoms with Crippen molar-refractivity contribution in [2.75, 3.05) is 22.9 Å². The largest absolute Gasteiger partial charge is 0.384 e. The molecule has 45 heavy (non-hydrogen) atoms. The van der Waals surface area contributed by atoms with E-state index in [4.69, 9.17) is 0 Å². The molecule has 0 radical (unpaired) electrons. The second kappa shape index (κ2) is 10.7. The highest BCUT2D eigenvalue weighted by molar-refractivity contribution is 5.94. The summed E-state index contributed by atoms with van der Waals surface area (Å²) in [5.41, 5.74) is 9.57. The van der Waals surface area contributed by atoms with Gasteiger partial charge in [-0.15, -0.1) is 0 Å². The molecule has 232 valence electrons. The molecule has 4 atom stereocenters. The average Bonchev–Trinajstić information content (AvgIpc) is 3.31. The first kappa shape index (κ1) is 28.8. The quantitative estimate of drug-likeness (QED) is 0.233. The van der Waals surface area contributed by atoms with E-state index in [9.17, 15) is 10.2 Å². The highest BCUT2D eigenvalue weighted by atomic mass is 16.3. The molecule has 4 aromatic carbocycles. The van der Waals surface area contributed by atoms with Crippen LogP contribution in [0.3, 0.4) is 0 Å². The zero-order valence-electron chi connectivity index (χ0n) is 27.2. The van der Waals surface area contributed by atoms with Crippen molar-refractivity contribution >= 4 is 32.9 Å². The van der Waals surface area contributed by atoms with E-state index in [1.54, 1.807) is 0 Å². The molecule has 2 saturated heterocycles. The van der Waals surface area contributed by atoms with E-state index in [1.807, 2.05) is 0 Å². The van der Waals surface area contributed by atoms with Gasteiger partial charge in [0.2, 0.25) is 0 Å². The molecule has 4 unspecified atom stereocenters. The van der Waals surface area contributed by atoms with Crippen LogP contribution < -0.4 is 9.80 Å². The van der Waals surface area contributed by atoms with Gasteiger partial charge in [-0.1, -0.05) is 88.4 Å². The van der Waals surface area contributed by atoms with E-state index in [2.05, 4.69) is 110 Å². The molecule has 3 aliphatic heterocycles. The first-order valence-corrected chi connectivity index (χ1v) is 17.2. The second-order valence-corrected chi connectivity index (χ2v) is 14.2. The van der Waals surface area contributed by atoms with Crippen LogP contribution in [-0.4, -0.2) is 47.6 Å². The van der Waals surface area contributed by atoms with E-state index in [0.717, 1.165) is 62.8 Å². The number of benzene rings is 4. The maximum atomic E-state index is 12.0. The molecule has 0 spiro atoms. The number of fused-ring (bicyclic) bond motifs is 6. The van der Waals surface area contributed by atoms with Crippen LogP contribution in [0.5, 0.6) is 0 Å². The first-order chi connectivity index (χ1) is 21.9. The van der Waals surface area contributed by atoms with Crippen molar-refractivity contribution in [3.8, 4) is 0 Å². The maximum Gasteiger partial charge on any atom is 0.102 e. The van der Waals surface area contributed by atoms with Gasteiger partial charge in [-0.3, -0.25) is 0 Å². The fourth-order valence-electron chi connectivity index (χ4n) is 9.84. The van der Waals surface area contributed by atoms with Gasteiger partial charge in [0, 0.05) is 29.9 Å². The minimum Gasteiger partial charge on any atom is -0.384 e. The van der Waals surface area contributed by atoms with Gasteiger partial charge in [-0.05, 0) is 106 Å². The SMILES string of the molecule is CCc1c(N2CCCC(=C3C(O)C(=C4CCCN5c6ccc7ccccc7c6C(C)(C)C45)C3O)C2CC)ccc2ccccc12. The van der Waals surface area contributed by atoms with Crippen molar-refractivity contribution in [2.45, 2.75) is 95.9 Å². The number of piperidine rings is 2. The molecule has 1 aliphatic carbocycles. The van der Waals surface area contributed by atoms with Crippen molar-refractivity contribution in [3.05, 3.63) is 106 Å². The average molecular weight is 599 g/mol. The lowest BCUT2D eigenvalue weighted by Gasteiger charge is -2.49. The molecule has 4 nitrogen and oxygen atoms in total. The summed E-state index contributed by atoms with van der Waals surface area (Å²) in [6, 6.07) is 26.9. The number of aliphatic hydroxyl groups excluding tert-OH is 2. The Morgan fingerprint density at radius 2 is 1.27 bits per heavy atom. The minimum atomic E-state index is -0.697. The Morgan fingerprint density at radius 3 is 1.96 bits per heavy atom. The summed E-state index contributed by atoms with van der Waals surface area (Å²) < 4.78 is 0. The summed E-state index contributed by atoms with van der Waals surface area (Å²) in [7, 11) is 0. The molecule has 4 aromatic rings. The van der Waals surface area contributed by atoms with E-state index in [1.165, 1.54) is 55.2 Å². The van der Waals surface area contributed by atoms with E-state index < -0.39 is 12.2 Å². The number of hydrogen-bond acceptors (Lipinski definition) is 4. The van der Waals surface area contributed by atoms with Crippen LogP contribution in [0.1, 0.15) is 70.9 Å². The molecular weight excluding hydrogens is 552 g/mol. The van der Waals surface area contributed by atoms with Crippen LogP contribution in [0.15, 0.2) is 95.1 Å². The maximum absolute atomic E-state index is 12.0. The number of hydrogen-bond donors (Lipinski definition) is 2. The molecule has 2 N–H and O–H groups in total. The molecule has 3 heterocycles. The predicted molar refractivity (Wildman–Crippen MR) is 187 cm³/mol. The fourth-order valence-corrected chi connectivity index (χ4v) is 9.84. The Kier molecular flexibility index (Phi) is 6.89. The van der Waals surface area contributed by atoms with Gasteiger partial charge >= 0.3 is 0 Å². The summed E-state index contributed by atoms with van der Waals surface area (Å²) in [5.74, 6) is 0. The van der Waals surface area contributed by atoms with Crippen molar-refractivity contribution in [1.82, 2.24) is 0 Å². The number of anilines is 2. The van der Waals surface area contributed by atoms with Gasteiger partial charge in [0.1, 0.15) is 12.2 Å². The summed E-state index contributed by atoms with van der Waals surface area (Å²) >= 11 is 0. The zero-order valence-corrected chi connectivity index (χ0v) is 27.2. The Balaban J connectivity index is 1.19. The number of nitrogens with zero attached hydrogens (tertiary/aromatic N) is 2. The molecule has 0 aromatic heterocycles. The van der Waals surface area contributed by atoms with Crippen molar-refractivity contribution in [2.24, 2.45) is 0 Å². The molecule has 0 bridgehead atoms. The Labute approximate surface area is 267 Å². The first-order valence-electron chi connectivity index (χ1n) is 17.2. The van der Waals surface area contributed by atoms with Crippen molar-refractivity contribution < 1.29 is 10.2 Å². The normalized spacial score (nSPS) is 26.0. The highest BCUT2D eigenvalue weighted by Gasteiger charge is 2.53. The monoisotopic (exact) mass is 598 g/mol. The van der Waals surface area contributed by atoms with Crippen LogP contribution >= 0.6 is 0 Å². The van der Waals surface area contributed by atoms with E-state index in [0.29, 0.717) is 0 Å². The van der Waals surface area contributed by atoms with Crippen LogP contribution in [0.4, 0.5) is 11.4 Å². The third-order valence-electron chi connectivity index (χ3n) is 11.6. The van der Waals surface area contributed by atoms with Gasteiger partial charge in [0.15, 0.2) is 0 Å².